The molecule has 29 heavy (non-hydrogen) atoms. The third-order valence-electron chi connectivity index (χ3n) is 4.58. The summed E-state index contributed by atoms with van der Waals surface area (Å²) in [6, 6.07) is 16.1. The summed E-state index contributed by atoms with van der Waals surface area (Å²) >= 11 is 0. The zero-order valence-corrected chi connectivity index (χ0v) is 16.1. The summed E-state index contributed by atoms with van der Waals surface area (Å²) in [6.45, 7) is 0.707. The maximum absolute atomic E-state index is 14.6. The van der Waals surface area contributed by atoms with E-state index in [-0.39, 0.29) is 6.42 Å². The van der Waals surface area contributed by atoms with Gasteiger partial charge in [-0.1, -0.05) is 36.4 Å². The van der Waals surface area contributed by atoms with Gasteiger partial charge in [0.2, 0.25) is 5.88 Å². The Hall–Kier alpha value is -3.19. The number of carbonyl (C=O) groups is 1. The number of hydrogen-bond donors (Lipinski definition) is 1. The second kappa shape index (κ2) is 9.84. The molecule has 0 spiro atoms. The van der Waals surface area contributed by atoms with Crippen LogP contribution < -0.4 is 4.74 Å². The molecule has 0 aliphatic heterocycles. The van der Waals surface area contributed by atoms with Crippen LogP contribution in [0.3, 0.4) is 0 Å². The fraction of sp³-hybridized carbons (Fsp3) is 0.273. The number of aliphatic carboxylic acids is 1. The Balaban J connectivity index is 1.66. The highest BCUT2D eigenvalue weighted by molar-refractivity contribution is 5.70. The Morgan fingerprint density at radius 3 is 2.69 bits per heavy atom. The van der Waals surface area contributed by atoms with Crippen molar-refractivity contribution in [3.63, 3.8) is 0 Å². The Kier molecular flexibility index (Phi) is 6.97. The van der Waals surface area contributed by atoms with Crippen LogP contribution in [0.15, 0.2) is 60.8 Å². The molecule has 2 aromatic carbocycles. The average Bonchev–Trinajstić information content (AvgIpc) is 3.20. The quantitative estimate of drug-likeness (QED) is 0.561. The van der Waals surface area contributed by atoms with E-state index in [4.69, 9.17) is 9.47 Å². The summed E-state index contributed by atoms with van der Waals surface area (Å²) in [5, 5.41) is 13.6. The third kappa shape index (κ3) is 5.65. The third-order valence-corrected chi connectivity index (χ3v) is 4.58. The van der Waals surface area contributed by atoms with E-state index in [1.807, 2.05) is 30.3 Å². The van der Waals surface area contributed by atoms with E-state index in [9.17, 15) is 14.3 Å². The van der Waals surface area contributed by atoms with Crippen LogP contribution in [0, 0.1) is 11.7 Å². The Morgan fingerprint density at radius 1 is 1.21 bits per heavy atom. The first-order chi connectivity index (χ1) is 14.1. The number of rotatable bonds is 10. The van der Waals surface area contributed by atoms with Gasteiger partial charge in [-0.05, 0) is 36.1 Å². The molecule has 1 N–H and O–H groups in total. The molecule has 0 bridgehead atoms. The highest BCUT2D eigenvalue weighted by Crippen LogP contribution is 2.20. The van der Waals surface area contributed by atoms with Gasteiger partial charge in [-0.15, -0.1) is 5.10 Å². The fourth-order valence-electron chi connectivity index (χ4n) is 2.94. The van der Waals surface area contributed by atoms with Crippen LogP contribution in [0.2, 0.25) is 0 Å². The van der Waals surface area contributed by atoms with Gasteiger partial charge in [-0.3, -0.25) is 4.79 Å². The molecule has 3 rings (SSSR count). The lowest BCUT2D eigenvalue weighted by atomic mass is 9.96. The summed E-state index contributed by atoms with van der Waals surface area (Å²) in [7, 11) is 1.51. The lowest BCUT2D eigenvalue weighted by molar-refractivity contribution is -0.142. The van der Waals surface area contributed by atoms with Crippen molar-refractivity contribution in [1.82, 2.24) is 9.78 Å². The zero-order valence-electron chi connectivity index (χ0n) is 16.1. The van der Waals surface area contributed by atoms with E-state index >= 15 is 0 Å². The molecule has 1 heterocycles. The first kappa shape index (κ1) is 20.5. The number of aromatic nitrogens is 2. The highest BCUT2D eigenvalue weighted by Gasteiger charge is 2.20. The monoisotopic (exact) mass is 398 g/mol. The van der Waals surface area contributed by atoms with E-state index in [1.165, 1.54) is 17.9 Å². The Bertz CT molecular complexity index is 943. The van der Waals surface area contributed by atoms with Crippen molar-refractivity contribution in [1.29, 1.82) is 0 Å². The lowest BCUT2D eigenvalue weighted by Gasteiger charge is -2.13. The number of halogens is 1. The topological polar surface area (TPSA) is 73.6 Å². The SMILES string of the molecule is COCCC(Cc1ccc(-n2ccc(OCc3ccccc3)n2)cc1F)C(=O)O. The van der Waals surface area contributed by atoms with Gasteiger partial charge >= 0.3 is 5.97 Å². The highest BCUT2D eigenvalue weighted by atomic mass is 19.1. The Morgan fingerprint density at radius 2 is 2.00 bits per heavy atom. The van der Waals surface area contributed by atoms with Crippen molar-refractivity contribution < 1.29 is 23.8 Å². The van der Waals surface area contributed by atoms with Crippen molar-refractivity contribution in [3.8, 4) is 11.6 Å². The Labute approximate surface area is 168 Å². The smallest absolute Gasteiger partial charge is 0.306 e. The summed E-state index contributed by atoms with van der Waals surface area (Å²) < 4.78 is 26.7. The minimum Gasteiger partial charge on any atom is -0.481 e. The summed E-state index contributed by atoms with van der Waals surface area (Å²) in [6.07, 6.45) is 2.12. The number of ether oxygens (including phenoxy) is 2. The van der Waals surface area contributed by atoms with Crippen LogP contribution in [-0.4, -0.2) is 34.6 Å². The number of benzene rings is 2. The number of carboxylic acid groups (broad SMARTS) is 1. The molecule has 1 aromatic heterocycles. The van der Waals surface area contributed by atoms with Gasteiger partial charge in [-0.2, -0.15) is 0 Å². The lowest BCUT2D eigenvalue weighted by Crippen LogP contribution is -2.19. The van der Waals surface area contributed by atoms with Gasteiger partial charge in [0.25, 0.3) is 0 Å². The first-order valence-electron chi connectivity index (χ1n) is 9.29. The molecule has 6 nitrogen and oxygen atoms in total. The molecule has 0 saturated carbocycles. The molecule has 0 aliphatic carbocycles. The molecule has 0 saturated heterocycles. The van der Waals surface area contributed by atoms with E-state index in [2.05, 4.69) is 5.10 Å². The minimum atomic E-state index is -0.960. The van der Waals surface area contributed by atoms with Crippen LogP contribution in [0.1, 0.15) is 17.5 Å². The number of nitrogens with zero attached hydrogens (tertiary/aromatic N) is 2. The predicted octanol–water partition coefficient (Wildman–Crippen LogP) is 3.87. The predicted molar refractivity (Wildman–Crippen MR) is 106 cm³/mol. The van der Waals surface area contributed by atoms with Crippen molar-refractivity contribution >= 4 is 5.97 Å². The van der Waals surface area contributed by atoms with E-state index in [1.54, 1.807) is 24.4 Å². The normalized spacial score (nSPS) is 11.9. The van der Waals surface area contributed by atoms with E-state index < -0.39 is 17.7 Å². The average molecular weight is 398 g/mol. The summed E-state index contributed by atoms with van der Waals surface area (Å²) in [5.41, 5.74) is 1.91. The second-order valence-corrected chi connectivity index (χ2v) is 6.67. The molecule has 0 radical (unpaired) electrons. The number of hydrogen-bond acceptors (Lipinski definition) is 4. The maximum atomic E-state index is 14.6. The second-order valence-electron chi connectivity index (χ2n) is 6.67. The summed E-state index contributed by atoms with van der Waals surface area (Å²) in [4.78, 5) is 11.4. The minimum absolute atomic E-state index is 0.106. The molecule has 152 valence electrons. The zero-order chi connectivity index (χ0) is 20.6. The van der Waals surface area contributed by atoms with Crippen LogP contribution >= 0.6 is 0 Å². The number of methoxy groups -OCH3 is 1. The molecule has 7 heteroatoms. The maximum Gasteiger partial charge on any atom is 0.306 e. The van der Waals surface area contributed by atoms with Crippen molar-refractivity contribution in [2.24, 2.45) is 5.92 Å². The fourth-order valence-corrected chi connectivity index (χ4v) is 2.94. The van der Waals surface area contributed by atoms with Crippen LogP contribution in [-0.2, 0) is 22.6 Å². The van der Waals surface area contributed by atoms with Crippen LogP contribution in [0.4, 0.5) is 4.39 Å². The van der Waals surface area contributed by atoms with E-state index in [0.29, 0.717) is 36.8 Å². The van der Waals surface area contributed by atoms with Crippen molar-refractivity contribution in [2.75, 3.05) is 13.7 Å². The molecular formula is C22H23FN2O4. The van der Waals surface area contributed by atoms with Gasteiger partial charge in [0.15, 0.2) is 0 Å². The first-order valence-corrected chi connectivity index (χ1v) is 9.29. The molecule has 1 unspecified atom stereocenters. The largest absolute Gasteiger partial charge is 0.481 e. The van der Waals surface area contributed by atoms with Gasteiger partial charge in [0, 0.05) is 26.0 Å². The van der Waals surface area contributed by atoms with Crippen LogP contribution in [0.25, 0.3) is 5.69 Å². The van der Waals surface area contributed by atoms with Gasteiger partial charge in [0.05, 0.1) is 11.6 Å². The van der Waals surface area contributed by atoms with Gasteiger partial charge in [-0.25, -0.2) is 9.07 Å². The number of carboxylic acids is 1. The molecule has 1 atom stereocenters. The van der Waals surface area contributed by atoms with E-state index in [0.717, 1.165) is 5.56 Å². The standard InChI is InChI=1S/C22H23FN2O4/c1-28-12-10-18(22(26)27)13-17-7-8-19(14-20(17)23)25-11-9-21(24-25)29-15-16-5-3-2-4-6-16/h2-9,11,14,18H,10,12-13,15H2,1H3,(H,26,27). The molecule has 0 aliphatic rings. The molecule has 3 aromatic rings. The molecule has 0 fully saturated rings. The summed E-state index contributed by atoms with van der Waals surface area (Å²) in [5.74, 6) is -1.69. The van der Waals surface area contributed by atoms with Crippen LogP contribution in [0.5, 0.6) is 5.88 Å². The van der Waals surface area contributed by atoms with Crippen molar-refractivity contribution in [2.45, 2.75) is 19.4 Å². The van der Waals surface area contributed by atoms with Gasteiger partial charge in [0.1, 0.15) is 12.4 Å². The van der Waals surface area contributed by atoms with Crippen molar-refractivity contribution in [3.05, 3.63) is 77.7 Å². The molecule has 0 amide bonds. The van der Waals surface area contributed by atoms with Gasteiger partial charge < -0.3 is 14.6 Å². The molecular weight excluding hydrogens is 375 g/mol.